The molecule has 0 aliphatic carbocycles. The van der Waals surface area contributed by atoms with Crippen molar-refractivity contribution in [3.8, 4) is 5.75 Å². The van der Waals surface area contributed by atoms with Crippen LogP contribution in [0.25, 0.3) is 0 Å². The van der Waals surface area contributed by atoms with Crippen molar-refractivity contribution in [2.45, 2.75) is 38.8 Å². The lowest BCUT2D eigenvalue weighted by atomic mass is 10.1. The molecule has 2 aliphatic rings. The van der Waals surface area contributed by atoms with Gasteiger partial charge in [-0.3, -0.25) is 4.90 Å². The van der Waals surface area contributed by atoms with Crippen LogP contribution in [0.4, 0.5) is 5.69 Å². The molecule has 104 valence electrons. The molecule has 1 aromatic rings. The molecule has 2 fully saturated rings. The molecule has 0 aromatic heterocycles. The smallest absolute Gasteiger partial charge is 0.121 e. The maximum absolute atomic E-state index is 5.80. The van der Waals surface area contributed by atoms with Crippen LogP contribution in [-0.4, -0.2) is 43.2 Å². The third kappa shape index (κ3) is 2.86. The minimum Gasteiger partial charge on any atom is -0.491 e. The number of benzene rings is 1. The summed E-state index contributed by atoms with van der Waals surface area (Å²) < 4.78 is 5.80. The van der Waals surface area contributed by atoms with Crippen molar-refractivity contribution in [3.63, 3.8) is 0 Å². The molecule has 3 nitrogen and oxygen atoms in total. The molecule has 0 unspecified atom stereocenters. The van der Waals surface area contributed by atoms with E-state index in [1.807, 2.05) is 0 Å². The van der Waals surface area contributed by atoms with E-state index in [0.29, 0.717) is 0 Å². The maximum Gasteiger partial charge on any atom is 0.121 e. The molecule has 0 saturated carbocycles. The molecule has 1 atom stereocenters. The van der Waals surface area contributed by atoms with Crippen LogP contribution >= 0.6 is 0 Å². The second kappa shape index (κ2) is 5.41. The largest absolute Gasteiger partial charge is 0.491 e. The lowest BCUT2D eigenvalue weighted by molar-refractivity contribution is 0.230. The summed E-state index contributed by atoms with van der Waals surface area (Å²) in [6.07, 6.45) is 2.97. The predicted octanol–water partition coefficient (Wildman–Crippen LogP) is 2.76. The molecule has 2 saturated heterocycles. The summed E-state index contributed by atoms with van der Waals surface area (Å²) in [6.45, 7) is 8.97. The Kier molecular flexibility index (Phi) is 3.65. The van der Waals surface area contributed by atoms with Crippen LogP contribution in [0.5, 0.6) is 5.75 Å². The number of hydrogen-bond acceptors (Lipinski definition) is 3. The Balaban J connectivity index is 1.71. The Hall–Kier alpha value is -1.22. The fraction of sp³-hybridized carbons (Fsp3) is 0.625. The SMILES string of the molecule is CC(C)Oc1cccc(N2CCN3CCC[C@@H]3C2)c1. The van der Waals surface area contributed by atoms with Crippen molar-refractivity contribution >= 4 is 5.69 Å². The Morgan fingerprint density at radius 2 is 2.11 bits per heavy atom. The fourth-order valence-electron chi connectivity index (χ4n) is 3.25. The quantitative estimate of drug-likeness (QED) is 0.831. The number of fused-ring (bicyclic) bond motifs is 1. The molecule has 3 rings (SSSR count). The van der Waals surface area contributed by atoms with Crippen molar-refractivity contribution in [2.24, 2.45) is 0 Å². The van der Waals surface area contributed by atoms with Gasteiger partial charge in [0.15, 0.2) is 0 Å². The van der Waals surface area contributed by atoms with Gasteiger partial charge in [0.05, 0.1) is 6.10 Å². The molecule has 0 radical (unpaired) electrons. The van der Waals surface area contributed by atoms with E-state index in [4.69, 9.17) is 4.74 Å². The molecule has 2 heterocycles. The number of hydrogen-bond donors (Lipinski definition) is 0. The van der Waals surface area contributed by atoms with E-state index in [-0.39, 0.29) is 6.10 Å². The fourth-order valence-corrected chi connectivity index (χ4v) is 3.25. The topological polar surface area (TPSA) is 15.7 Å². The Labute approximate surface area is 116 Å². The third-order valence-electron chi connectivity index (χ3n) is 4.14. The van der Waals surface area contributed by atoms with Crippen LogP contribution in [0, 0.1) is 0 Å². The van der Waals surface area contributed by atoms with E-state index < -0.39 is 0 Å². The first kappa shape index (κ1) is 12.8. The molecular weight excluding hydrogens is 236 g/mol. The van der Waals surface area contributed by atoms with Crippen molar-refractivity contribution in [1.82, 2.24) is 4.90 Å². The minimum atomic E-state index is 0.238. The van der Waals surface area contributed by atoms with Gasteiger partial charge >= 0.3 is 0 Å². The van der Waals surface area contributed by atoms with Gasteiger partial charge < -0.3 is 9.64 Å². The predicted molar refractivity (Wildman–Crippen MR) is 79.0 cm³/mol. The van der Waals surface area contributed by atoms with Crippen LogP contribution in [0.3, 0.4) is 0 Å². The van der Waals surface area contributed by atoms with Crippen LogP contribution in [0.1, 0.15) is 26.7 Å². The number of piperazine rings is 1. The van der Waals surface area contributed by atoms with Gasteiger partial charge in [0.2, 0.25) is 0 Å². The second-order valence-corrected chi connectivity index (χ2v) is 5.94. The maximum atomic E-state index is 5.80. The van der Waals surface area contributed by atoms with Crippen LogP contribution < -0.4 is 9.64 Å². The Bertz CT molecular complexity index is 433. The Morgan fingerprint density at radius 1 is 1.21 bits per heavy atom. The highest BCUT2D eigenvalue weighted by molar-refractivity contribution is 5.51. The molecule has 0 spiro atoms. The van der Waals surface area contributed by atoms with Gasteiger partial charge in [0, 0.05) is 37.4 Å². The summed E-state index contributed by atoms with van der Waals surface area (Å²) >= 11 is 0. The van der Waals surface area contributed by atoms with Gasteiger partial charge in [-0.15, -0.1) is 0 Å². The monoisotopic (exact) mass is 260 g/mol. The average molecular weight is 260 g/mol. The van der Waals surface area contributed by atoms with Crippen LogP contribution in [0.15, 0.2) is 24.3 Å². The molecule has 19 heavy (non-hydrogen) atoms. The van der Waals surface area contributed by atoms with E-state index in [9.17, 15) is 0 Å². The molecular formula is C16H24N2O. The summed E-state index contributed by atoms with van der Waals surface area (Å²) in [7, 11) is 0. The first-order valence-electron chi connectivity index (χ1n) is 7.48. The zero-order chi connectivity index (χ0) is 13.2. The molecule has 0 bridgehead atoms. The minimum absolute atomic E-state index is 0.238. The van der Waals surface area contributed by atoms with E-state index in [1.54, 1.807) is 0 Å². The van der Waals surface area contributed by atoms with Crippen molar-refractivity contribution in [2.75, 3.05) is 31.1 Å². The second-order valence-electron chi connectivity index (χ2n) is 5.94. The lowest BCUT2D eigenvalue weighted by Crippen LogP contribution is -2.50. The summed E-state index contributed by atoms with van der Waals surface area (Å²) in [5.41, 5.74) is 1.31. The normalized spacial score (nSPS) is 23.7. The summed E-state index contributed by atoms with van der Waals surface area (Å²) in [6, 6.07) is 9.31. The van der Waals surface area contributed by atoms with E-state index in [1.165, 1.54) is 38.2 Å². The number of anilines is 1. The van der Waals surface area contributed by atoms with Crippen LogP contribution in [0.2, 0.25) is 0 Å². The third-order valence-corrected chi connectivity index (χ3v) is 4.14. The van der Waals surface area contributed by atoms with Crippen LogP contribution in [-0.2, 0) is 0 Å². The molecule has 2 aliphatic heterocycles. The number of nitrogens with zero attached hydrogens (tertiary/aromatic N) is 2. The zero-order valence-corrected chi connectivity index (χ0v) is 12.0. The first-order chi connectivity index (χ1) is 9.22. The molecule has 1 aromatic carbocycles. The van der Waals surface area contributed by atoms with Gasteiger partial charge in [-0.2, -0.15) is 0 Å². The molecule has 3 heteroatoms. The average Bonchev–Trinajstić information content (AvgIpc) is 2.85. The van der Waals surface area contributed by atoms with Crippen molar-refractivity contribution < 1.29 is 4.74 Å². The highest BCUT2D eigenvalue weighted by atomic mass is 16.5. The van der Waals surface area contributed by atoms with E-state index in [0.717, 1.165) is 18.3 Å². The standard InChI is InChI=1S/C16H24N2O/c1-13(2)19-16-7-3-5-14(11-16)18-10-9-17-8-4-6-15(17)12-18/h3,5,7,11,13,15H,4,6,8-10,12H2,1-2H3/t15-/m1/s1. The van der Waals surface area contributed by atoms with E-state index in [2.05, 4.69) is 47.9 Å². The van der Waals surface area contributed by atoms with Crippen molar-refractivity contribution in [1.29, 1.82) is 0 Å². The molecule has 0 amide bonds. The van der Waals surface area contributed by atoms with Gasteiger partial charge in [-0.25, -0.2) is 0 Å². The lowest BCUT2D eigenvalue weighted by Gasteiger charge is -2.38. The van der Waals surface area contributed by atoms with Crippen molar-refractivity contribution in [3.05, 3.63) is 24.3 Å². The molecule has 0 N–H and O–H groups in total. The highest BCUT2D eigenvalue weighted by Crippen LogP contribution is 2.27. The van der Waals surface area contributed by atoms with Gasteiger partial charge in [-0.1, -0.05) is 6.07 Å². The van der Waals surface area contributed by atoms with E-state index >= 15 is 0 Å². The summed E-state index contributed by atoms with van der Waals surface area (Å²) in [5.74, 6) is 0.987. The Morgan fingerprint density at radius 3 is 2.95 bits per heavy atom. The van der Waals surface area contributed by atoms with Gasteiger partial charge in [0.1, 0.15) is 5.75 Å². The number of rotatable bonds is 3. The summed E-state index contributed by atoms with van der Waals surface area (Å²) in [5, 5.41) is 0. The number of ether oxygens (including phenoxy) is 1. The van der Waals surface area contributed by atoms with Gasteiger partial charge in [0.25, 0.3) is 0 Å². The zero-order valence-electron chi connectivity index (χ0n) is 12.0. The highest BCUT2D eigenvalue weighted by Gasteiger charge is 2.30. The summed E-state index contributed by atoms with van der Waals surface area (Å²) in [4.78, 5) is 5.16. The van der Waals surface area contributed by atoms with Gasteiger partial charge in [-0.05, 0) is 45.4 Å². The first-order valence-corrected chi connectivity index (χ1v) is 7.48.